The van der Waals surface area contributed by atoms with Gasteiger partial charge in [-0.15, -0.1) is 5.10 Å². The number of aromatic nitrogens is 3. The number of carbonyl (C=O) groups is 1. The van der Waals surface area contributed by atoms with E-state index >= 15 is 0 Å². The molecule has 0 spiro atoms. The molecule has 1 aliphatic heterocycles. The maximum Gasteiger partial charge on any atom is 0.304 e. The fourth-order valence-corrected chi connectivity index (χ4v) is 7.24. The molecule has 2 heterocycles. The second-order valence-corrected chi connectivity index (χ2v) is 14.2. The molecule has 0 saturated carbocycles. The van der Waals surface area contributed by atoms with E-state index in [0.717, 1.165) is 27.8 Å². The normalized spacial score (nSPS) is 17.6. The Morgan fingerprint density at radius 1 is 1.14 bits per heavy atom. The van der Waals surface area contributed by atoms with E-state index in [1.807, 2.05) is 71.0 Å². The van der Waals surface area contributed by atoms with Crippen LogP contribution in [0.25, 0.3) is 11.0 Å². The number of ether oxygens (including phenoxy) is 2. The first-order valence-corrected chi connectivity index (χ1v) is 15.6. The summed E-state index contributed by atoms with van der Waals surface area (Å²) in [5.41, 5.74) is 5.12. The Bertz CT molecular complexity index is 1810. The van der Waals surface area contributed by atoms with Crippen molar-refractivity contribution < 1.29 is 27.8 Å². The monoisotopic (exact) mass is 606 g/mol. The summed E-state index contributed by atoms with van der Waals surface area (Å²) < 4.78 is 42.9. The molecular weight excluding hydrogens is 568 g/mol. The standard InChI is InChI=1S/C32H38N4O6S/c1-19-8-9-21(25(16-30(37)38)22-13-26-31(28(14-22)41-7)35(6)34-33-26)12-23(19)18-36-17-20(2)42-27-11-10-24(32(3,4)5)15-29(27)43(36,39)40/h8-15,20,25H,16-18H2,1-7H3,(H,37,38)/t20-,25+/m1/s1. The van der Waals surface area contributed by atoms with E-state index in [0.29, 0.717) is 22.5 Å². The molecule has 0 radical (unpaired) electrons. The molecule has 0 bridgehead atoms. The van der Waals surface area contributed by atoms with Crippen LogP contribution in [0.15, 0.2) is 53.4 Å². The molecule has 11 heteroatoms. The maximum absolute atomic E-state index is 14.1. The summed E-state index contributed by atoms with van der Waals surface area (Å²) in [6, 6.07) is 14.8. The van der Waals surface area contributed by atoms with Crippen LogP contribution >= 0.6 is 0 Å². The summed E-state index contributed by atoms with van der Waals surface area (Å²) >= 11 is 0. The Labute approximate surface area is 252 Å². The average Bonchev–Trinajstić information content (AvgIpc) is 3.27. The van der Waals surface area contributed by atoms with E-state index < -0.39 is 21.9 Å². The average molecular weight is 607 g/mol. The Morgan fingerprint density at radius 3 is 2.56 bits per heavy atom. The molecule has 0 amide bonds. The first-order chi connectivity index (χ1) is 20.2. The van der Waals surface area contributed by atoms with Crippen molar-refractivity contribution >= 4 is 27.0 Å². The van der Waals surface area contributed by atoms with Crippen molar-refractivity contribution in [3.8, 4) is 11.5 Å². The molecular formula is C32H38N4O6S. The molecule has 10 nitrogen and oxygen atoms in total. The zero-order valence-electron chi connectivity index (χ0n) is 25.6. The van der Waals surface area contributed by atoms with Gasteiger partial charge in [0.2, 0.25) is 10.0 Å². The van der Waals surface area contributed by atoms with Crippen LogP contribution in [0.4, 0.5) is 0 Å². The van der Waals surface area contributed by atoms with Crippen LogP contribution in [0, 0.1) is 6.92 Å². The van der Waals surface area contributed by atoms with Crippen molar-refractivity contribution in [1.29, 1.82) is 0 Å². The smallest absolute Gasteiger partial charge is 0.304 e. The molecule has 2 atom stereocenters. The van der Waals surface area contributed by atoms with Crippen molar-refractivity contribution in [3.63, 3.8) is 0 Å². The number of benzene rings is 3. The SMILES string of the molecule is COc1cc([C@@H](CC(=O)O)c2ccc(C)c(CN3C[C@@H](C)Oc4ccc(C(C)(C)C)cc4S3(=O)=O)c2)cc2nnn(C)c12. The van der Waals surface area contributed by atoms with Gasteiger partial charge >= 0.3 is 5.97 Å². The molecule has 0 fully saturated rings. The van der Waals surface area contributed by atoms with Crippen molar-refractivity contribution in [2.24, 2.45) is 7.05 Å². The molecule has 0 aliphatic carbocycles. The van der Waals surface area contributed by atoms with Gasteiger partial charge in [-0.1, -0.05) is 50.3 Å². The van der Waals surface area contributed by atoms with E-state index in [1.54, 1.807) is 31.0 Å². The lowest BCUT2D eigenvalue weighted by molar-refractivity contribution is -0.137. The number of nitrogens with zero attached hydrogens (tertiary/aromatic N) is 4. The highest BCUT2D eigenvalue weighted by Gasteiger charge is 2.35. The number of hydrogen-bond donors (Lipinski definition) is 1. The maximum atomic E-state index is 14.1. The molecule has 1 aliphatic rings. The van der Waals surface area contributed by atoms with Gasteiger partial charge in [-0.25, -0.2) is 13.1 Å². The lowest BCUT2D eigenvalue weighted by Crippen LogP contribution is -2.35. The van der Waals surface area contributed by atoms with Gasteiger partial charge in [0.05, 0.1) is 20.1 Å². The first-order valence-electron chi connectivity index (χ1n) is 14.2. The lowest BCUT2D eigenvalue weighted by atomic mass is 9.86. The highest BCUT2D eigenvalue weighted by Crippen LogP contribution is 2.38. The van der Waals surface area contributed by atoms with E-state index in [-0.39, 0.29) is 35.9 Å². The van der Waals surface area contributed by atoms with Crippen LogP contribution < -0.4 is 9.47 Å². The zero-order chi connectivity index (χ0) is 31.3. The van der Waals surface area contributed by atoms with Crippen molar-refractivity contribution in [2.45, 2.75) is 69.9 Å². The summed E-state index contributed by atoms with van der Waals surface area (Å²) in [6.45, 7) is 10.2. The number of fused-ring (bicyclic) bond motifs is 2. The third-order valence-corrected chi connectivity index (χ3v) is 9.86. The van der Waals surface area contributed by atoms with Crippen LogP contribution in [0.3, 0.4) is 0 Å². The quantitative estimate of drug-likeness (QED) is 0.306. The number of aliphatic carboxylic acids is 1. The predicted molar refractivity (Wildman–Crippen MR) is 163 cm³/mol. The van der Waals surface area contributed by atoms with Gasteiger partial charge in [0, 0.05) is 19.5 Å². The highest BCUT2D eigenvalue weighted by atomic mass is 32.2. The number of carboxylic acids is 1. The summed E-state index contributed by atoms with van der Waals surface area (Å²) in [5.74, 6) is -0.600. The number of sulfonamides is 1. The molecule has 4 aromatic rings. The lowest BCUT2D eigenvalue weighted by Gasteiger charge is -2.24. The van der Waals surface area contributed by atoms with Crippen molar-refractivity contribution in [2.75, 3.05) is 13.7 Å². The van der Waals surface area contributed by atoms with Gasteiger partial charge in [0.1, 0.15) is 33.5 Å². The number of hydrogen-bond acceptors (Lipinski definition) is 7. The molecule has 228 valence electrons. The summed E-state index contributed by atoms with van der Waals surface area (Å²) in [4.78, 5) is 12.2. The number of rotatable bonds is 7. The third-order valence-electron chi connectivity index (χ3n) is 8.03. The second-order valence-electron chi connectivity index (χ2n) is 12.3. The molecule has 0 saturated heterocycles. The molecule has 3 aromatic carbocycles. The van der Waals surface area contributed by atoms with E-state index in [4.69, 9.17) is 9.47 Å². The van der Waals surface area contributed by atoms with Gasteiger partial charge in [-0.3, -0.25) is 4.79 Å². The predicted octanol–water partition coefficient (Wildman–Crippen LogP) is 5.16. The molecule has 0 unspecified atom stereocenters. The van der Waals surface area contributed by atoms with E-state index in [2.05, 4.69) is 10.3 Å². The summed E-state index contributed by atoms with van der Waals surface area (Å²) in [6.07, 6.45) is -0.543. The number of aryl methyl sites for hydroxylation is 2. The number of methoxy groups -OCH3 is 1. The minimum absolute atomic E-state index is 0.112. The Kier molecular flexibility index (Phi) is 8.00. The van der Waals surface area contributed by atoms with Gasteiger partial charge in [-0.2, -0.15) is 4.31 Å². The Balaban J connectivity index is 1.56. The van der Waals surface area contributed by atoms with Crippen LogP contribution in [0.2, 0.25) is 0 Å². The third kappa shape index (κ3) is 5.96. The Hall–Kier alpha value is -3.96. The van der Waals surface area contributed by atoms with Crippen LogP contribution in [-0.2, 0) is 33.8 Å². The zero-order valence-corrected chi connectivity index (χ0v) is 26.4. The van der Waals surface area contributed by atoms with Gasteiger partial charge in [0.15, 0.2) is 0 Å². The second kappa shape index (κ2) is 11.3. The minimum Gasteiger partial charge on any atom is -0.494 e. The molecule has 43 heavy (non-hydrogen) atoms. The van der Waals surface area contributed by atoms with Crippen LogP contribution in [0.5, 0.6) is 11.5 Å². The van der Waals surface area contributed by atoms with Gasteiger partial charge < -0.3 is 14.6 Å². The molecule has 1 N–H and O–H groups in total. The number of carboxylic acid groups (broad SMARTS) is 1. The fourth-order valence-electron chi connectivity index (χ4n) is 5.60. The minimum atomic E-state index is -3.91. The van der Waals surface area contributed by atoms with Crippen molar-refractivity contribution in [3.05, 3.63) is 76.3 Å². The summed E-state index contributed by atoms with van der Waals surface area (Å²) in [5, 5.41) is 18.2. The molecule has 1 aromatic heterocycles. The van der Waals surface area contributed by atoms with E-state index in [9.17, 15) is 18.3 Å². The van der Waals surface area contributed by atoms with E-state index in [1.165, 1.54) is 4.31 Å². The van der Waals surface area contributed by atoms with Crippen LogP contribution in [-0.4, -0.2) is 58.6 Å². The Morgan fingerprint density at radius 2 is 1.88 bits per heavy atom. The fraction of sp³-hybridized carbons (Fsp3) is 0.406. The van der Waals surface area contributed by atoms with Crippen molar-refractivity contribution in [1.82, 2.24) is 19.3 Å². The first kappa shape index (κ1) is 30.5. The van der Waals surface area contributed by atoms with Crippen LogP contribution in [0.1, 0.15) is 67.9 Å². The largest absolute Gasteiger partial charge is 0.494 e. The highest BCUT2D eigenvalue weighted by molar-refractivity contribution is 7.89. The topological polar surface area (TPSA) is 124 Å². The summed E-state index contributed by atoms with van der Waals surface area (Å²) in [7, 11) is -0.585. The molecule has 5 rings (SSSR count). The van der Waals surface area contributed by atoms with Gasteiger partial charge in [0.25, 0.3) is 0 Å². The van der Waals surface area contributed by atoms with Gasteiger partial charge in [-0.05, 0) is 71.3 Å².